The van der Waals surface area contributed by atoms with Crippen LogP contribution in [-0.2, 0) is 16.1 Å². The number of carboxylic acid groups (broad SMARTS) is 1. The Morgan fingerprint density at radius 3 is 2.44 bits per heavy atom. The summed E-state index contributed by atoms with van der Waals surface area (Å²) >= 11 is 0. The van der Waals surface area contributed by atoms with Crippen molar-refractivity contribution in [1.29, 1.82) is 0 Å². The number of amides is 1. The normalized spacial score (nSPS) is 9.50. The number of rotatable bonds is 5. The van der Waals surface area contributed by atoms with Crippen LogP contribution in [-0.4, -0.2) is 17.0 Å². The van der Waals surface area contributed by atoms with Crippen LogP contribution >= 0.6 is 0 Å². The van der Waals surface area contributed by atoms with Crippen LogP contribution in [0.1, 0.15) is 17.5 Å². The molecule has 0 saturated carbocycles. The first kappa shape index (κ1) is 12.0. The number of carbonyl (C=O) groups is 2. The zero-order valence-corrected chi connectivity index (χ0v) is 8.77. The summed E-state index contributed by atoms with van der Waals surface area (Å²) in [7, 11) is 0. The van der Waals surface area contributed by atoms with Crippen molar-refractivity contribution in [1.82, 2.24) is 5.32 Å². The molecule has 4 nitrogen and oxygen atoms in total. The number of aliphatic carboxylic acids is 1. The molecule has 84 valence electrons. The predicted octanol–water partition coefficient (Wildman–Crippen LogP) is 1.42. The second-order valence-corrected chi connectivity index (χ2v) is 3.29. The van der Waals surface area contributed by atoms with Gasteiger partial charge in [-0.05, 0) is 11.1 Å². The van der Waals surface area contributed by atoms with Crippen LogP contribution in [0.3, 0.4) is 0 Å². The SMILES string of the molecule is C=Cc1ccc(CNC(=O)CC(=O)O)cc1. The van der Waals surface area contributed by atoms with Crippen molar-refractivity contribution >= 4 is 18.0 Å². The molecule has 0 heterocycles. The maximum Gasteiger partial charge on any atom is 0.312 e. The molecule has 0 aliphatic rings. The first-order valence-corrected chi connectivity index (χ1v) is 4.81. The van der Waals surface area contributed by atoms with Crippen molar-refractivity contribution in [3.63, 3.8) is 0 Å². The molecule has 0 aliphatic carbocycles. The van der Waals surface area contributed by atoms with E-state index in [1.54, 1.807) is 6.08 Å². The molecule has 1 aromatic carbocycles. The van der Waals surface area contributed by atoms with Gasteiger partial charge in [0.25, 0.3) is 0 Å². The molecule has 0 aliphatic heterocycles. The van der Waals surface area contributed by atoms with E-state index in [0.717, 1.165) is 11.1 Å². The van der Waals surface area contributed by atoms with Gasteiger partial charge in [-0.2, -0.15) is 0 Å². The highest BCUT2D eigenvalue weighted by Crippen LogP contribution is 2.05. The zero-order valence-electron chi connectivity index (χ0n) is 8.77. The summed E-state index contributed by atoms with van der Waals surface area (Å²) in [5.41, 5.74) is 1.92. The van der Waals surface area contributed by atoms with Crippen molar-refractivity contribution in [2.24, 2.45) is 0 Å². The van der Waals surface area contributed by atoms with Gasteiger partial charge in [-0.25, -0.2) is 0 Å². The third-order valence-corrected chi connectivity index (χ3v) is 2.02. The van der Waals surface area contributed by atoms with Gasteiger partial charge in [0.2, 0.25) is 5.91 Å². The Bertz CT molecular complexity index is 395. The summed E-state index contributed by atoms with van der Waals surface area (Å²) in [5.74, 6) is -1.61. The molecule has 1 aromatic rings. The minimum atomic E-state index is -1.13. The number of nitrogens with one attached hydrogen (secondary N) is 1. The first-order valence-electron chi connectivity index (χ1n) is 4.81. The lowest BCUT2D eigenvalue weighted by Crippen LogP contribution is -2.24. The van der Waals surface area contributed by atoms with Crippen LogP contribution in [0, 0.1) is 0 Å². The van der Waals surface area contributed by atoms with Crippen LogP contribution in [0.5, 0.6) is 0 Å². The third-order valence-electron chi connectivity index (χ3n) is 2.02. The minimum Gasteiger partial charge on any atom is -0.481 e. The summed E-state index contributed by atoms with van der Waals surface area (Å²) in [4.78, 5) is 21.3. The molecule has 16 heavy (non-hydrogen) atoms. The Hall–Kier alpha value is -2.10. The van der Waals surface area contributed by atoms with E-state index in [1.807, 2.05) is 24.3 Å². The molecule has 0 unspecified atom stereocenters. The van der Waals surface area contributed by atoms with Crippen molar-refractivity contribution in [3.8, 4) is 0 Å². The van der Waals surface area contributed by atoms with Gasteiger partial charge >= 0.3 is 5.97 Å². The molecule has 0 aromatic heterocycles. The Morgan fingerprint density at radius 2 is 1.94 bits per heavy atom. The van der Waals surface area contributed by atoms with Crippen LogP contribution in [0.15, 0.2) is 30.8 Å². The Kier molecular flexibility index (Phi) is 4.27. The van der Waals surface area contributed by atoms with Crippen molar-refractivity contribution in [2.45, 2.75) is 13.0 Å². The van der Waals surface area contributed by atoms with Gasteiger partial charge in [-0.3, -0.25) is 9.59 Å². The first-order chi connectivity index (χ1) is 7.61. The summed E-state index contributed by atoms with van der Waals surface area (Å²) in [5, 5.41) is 10.9. The van der Waals surface area contributed by atoms with E-state index in [9.17, 15) is 9.59 Å². The fraction of sp³-hybridized carbons (Fsp3) is 0.167. The van der Waals surface area contributed by atoms with Crippen molar-refractivity contribution < 1.29 is 14.7 Å². The number of benzene rings is 1. The lowest BCUT2D eigenvalue weighted by atomic mass is 10.1. The van der Waals surface area contributed by atoms with Crippen LogP contribution < -0.4 is 5.32 Å². The average molecular weight is 219 g/mol. The lowest BCUT2D eigenvalue weighted by Gasteiger charge is -2.04. The molecule has 0 fully saturated rings. The molecule has 4 heteroatoms. The summed E-state index contributed by atoms with van der Waals surface area (Å²) in [6.45, 7) is 3.97. The topological polar surface area (TPSA) is 66.4 Å². The Morgan fingerprint density at radius 1 is 1.31 bits per heavy atom. The van der Waals surface area contributed by atoms with Gasteiger partial charge in [0.1, 0.15) is 6.42 Å². The maximum atomic E-state index is 11.0. The molecular weight excluding hydrogens is 206 g/mol. The Balaban J connectivity index is 2.45. The summed E-state index contributed by atoms with van der Waals surface area (Å²) in [6, 6.07) is 7.48. The smallest absolute Gasteiger partial charge is 0.312 e. The van der Waals surface area contributed by atoms with Crippen molar-refractivity contribution in [3.05, 3.63) is 42.0 Å². The highest BCUT2D eigenvalue weighted by atomic mass is 16.4. The highest BCUT2D eigenvalue weighted by Gasteiger charge is 2.06. The second-order valence-electron chi connectivity index (χ2n) is 3.29. The van der Waals surface area contributed by atoms with Crippen molar-refractivity contribution in [2.75, 3.05) is 0 Å². The maximum absolute atomic E-state index is 11.0. The third kappa shape index (κ3) is 3.96. The predicted molar refractivity (Wildman–Crippen MR) is 60.6 cm³/mol. The molecule has 0 radical (unpaired) electrons. The van der Waals surface area contributed by atoms with Crippen LogP contribution in [0.4, 0.5) is 0 Å². The van der Waals surface area contributed by atoms with E-state index in [2.05, 4.69) is 11.9 Å². The molecule has 1 amide bonds. The quantitative estimate of drug-likeness (QED) is 0.736. The number of hydrogen-bond donors (Lipinski definition) is 2. The highest BCUT2D eigenvalue weighted by molar-refractivity contribution is 5.93. The van der Waals surface area contributed by atoms with Crippen LogP contribution in [0.25, 0.3) is 6.08 Å². The largest absolute Gasteiger partial charge is 0.481 e. The van der Waals surface area contributed by atoms with E-state index >= 15 is 0 Å². The fourth-order valence-corrected chi connectivity index (χ4v) is 1.17. The molecule has 0 saturated heterocycles. The fourth-order valence-electron chi connectivity index (χ4n) is 1.17. The summed E-state index contributed by atoms with van der Waals surface area (Å²) < 4.78 is 0. The number of hydrogen-bond acceptors (Lipinski definition) is 2. The van der Waals surface area contributed by atoms with Gasteiger partial charge < -0.3 is 10.4 Å². The second kappa shape index (κ2) is 5.70. The van der Waals surface area contributed by atoms with Gasteiger partial charge in [0.05, 0.1) is 0 Å². The molecule has 2 N–H and O–H groups in total. The van der Waals surface area contributed by atoms with Gasteiger partial charge in [0, 0.05) is 6.54 Å². The monoisotopic (exact) mass is 219 g/mol. The van der Waals surface area contributed by atoms with Crippen LogP contribution in [0.2, 0.25) is 0 Å². The van der Waals surface area contributed by atoms with E-state index in [1.165, 1.54) is 0 Å². The van der Waals surface area contributed by atoms with E-state index in [4.69, 9.17) is 5.11 Å². The van der Waals surface area contributed by atoms with Gasteiger partial charge in [-0.1, -0.05) is 36.9 Å². The van der Waals surface area contributed by atoms with E-state index in [-0.39, 0.29) is 0 Å². The number of carboxylic acids is 1. The van der Waals surface area contributed by atoms with E-state index < -0.39 is 18.3 Å². The van der Waals surface area contributed by atoms with Gasteiger partial charge in [-0.15, -0.1) is 0 Å². The molecule has 0 bridgehead atoms. The van der Waals surface area contributed by atoms with E-state index in [0.29, 0.717) is 6.54 Å². The zero-order chi connectivity index (χ0) is 12.0. The molecule has 0 spiro atoms. The molecule has 1 rings (SSSR count). The van der Waals surface area contributed by atoms with Gasteiger partial charge in [0.15, 0.2) is 0 Å². The lowest BCUT2D eigenvalue weighted by molar-refractivity contribution is -0.140. The number of carbonyl (C=O) groups excluding carboxylic acids is 1. The minimum absolute atomic E-state index is 0.337. The average Bonchev–Trinajstić information content (AvgIpc) is 2.26. The summed E-state index contributed by atoms with van der Waals surface area (Å²) in [6.07, 6.45) is 1.23. The molecular formula is C12H13NO3. The molecule has 0 atom stereocenters. The Labute approximate surface area is 93.6 Å². The standard InChI is InChI=1S/C12H13NO3/c1-2-9-3-5-10(6-4-9)8-13-11(14)7-12(15)16/h2-6H,1,7-8H2,(H,13,14)(H,15,16).